The van der Waals surface area contributed by atoms with Gasteiger partial charge in [-0.25, -0.2) is 4.79 Å². The van der Waals surface area contributed by atoms with E-state index in [-0.39, 0.29) is 30.2 Å². The van der Waals surface area contributed by atoms with E-state index < -0.39 is 17.9 Å². The van der Waals surface area contributed by atoms with Crippen LogP contribution in [0.25, 0.3) is 0 Å². The highest BCUT2D eigenvalue weighted by molar-refractivity contribution is 5.97. The van der Waals surface area contributed by atoms with Crippen molar-refractivity contribution in [2.75, 3.05) is 13.7 Å². The molecule has 0 aromatic carbocycles. The molecule has 0 saturated carbocycles. The SMILES string of the molecule is COC1CC(C(=O)O)N(C(=O)c2cc(CC(C)C)[nH]c(=O)c2)C1. The van der Waals surface area contributed by atoms with Gasteiger partial charge in [0.25, 0.3) is 5.91 Å². The van der Waals surface area contributed by atoms with E-state index in [1.165, 1.54) is 18.1 Å². The molecule has 7 nitrogen and oxygen atoms in total. The lowest BCUT2D eigenvalue weighted by Crippen LogP contribution is -2.41. The Kier molecular flexibility index (Phi) is 5.20. The molecule has 0 bridgehead atoms. The van der Waals surface area contributed by atoms with Crippen LogP contribution in [-0.2, 0) is 16.0 Å². The smallest absolute Gasteiger partial charge is 0.326 e. The molecule has 23 heavy (non-hydrogen) atoms. The summed E-state index contributed by atoms with van der Waals surface area (Å²) in [6.07, 6.45) is 0.580. The number of nitrogens with zero attached hydrogens (tertiary/aromatic N) is 1. The fourth-order valence-corrected chi connectivity index (χ4v) is 2.87. The van der Waals surface area contributed by atoms with Crippen molar-refractivity contribution in [3.63, 3.8) is 0 Å². The van der Waals surface area contributed by atoms with Crippen molar-refractivity contribution >= 4 is 11.9 Å². The van der Waals surface area contributed by atoms with E-state index in [4.69, 9.17) is 4.74 Å². The van der Waals surface area contributed by atoms with Crippen LogP contribution in [0.3, 0.4) is 0 Å². The molecule has 1 saturated heterocycles. The Morgan fingerprint density at radius 1 is 1.43 bits per heavy atom. The molecule has 2 N–H and O–H groups in total. The normalized spacial score (nSPS) is 21.0. The summed E-state index contributed by atoms with van der Waals surface area (Å²) < 4.78 is 5.18. The zero-order chi connectivity index (χ0) is 17.1. The Morgan fingerprint density at radius 3 is 2.70 bits per heavy atom. The fourth-order valence-electron chi connectivity index (χ4n) is 2.87. The second-order valence-electron chi connectivity index (χ2n) is 6.26. The highest BCUT2D eigenvalue weighted by Gasteiger charge is 2.40. The van der Waals surface area contributed by atoms with Crippen molar-refractivity contribution < 1.29 is 19.4 Å². The number of carbonyl (C=O) groups is 2. The van der Waals surface area contributed by atoms with Gasteiger partial charge in [-0.15, -0.1) is 0 Å². The second-order valence-corrected chi connectivity index (χ2v) is 6.26. The minimum atomic E-state index is -1.06. The molecule has 1 aliphatic rings. The van der Waals surface area contributed by atoms with Crippen LogP contribution >= 0.6 is 0 Å². The summed E-state index contributed by atoms with van der Waals surface area (Å²) in [6, 6.07) is 1.91. The van der Waals surface area contributed by atoms with Gasteiger partial charge >= 0.3 is 5.97 Å². The first-order chi connectivity index (χ1) is 10.8. The zero-order valence-electron chi connectivity index (χ0n) is 13.5. The van der Waals surface area contributed by atoms with Gasteiger partial charge in [-0.2, -0.15) is 0 Å². The lowest BCUT2D eigenvalue weighted by molar-refractivity contribution is -0.141. The van der Waals surface area contributed by atoms with Crippen LogP contribution in [0.2, 0.25) is 0 Å². The van der Waals surface area contributed by atoms with Crippen LogP contribution in [0.4, 0.5) is 0 Å². The number of aromatic amines is 1. The maximum Gasteiger partial charge on any atom is 0.326 e. The molecule has 1 aromatic heterocycles. The number of aliphatic carboxylic acids is 1. The average Bonchev–Trinajstić information content (AvgIpc) is 2.89. The third-order valence-corrected chi connectivity index (χ3v) is 3.92. The van der Waals surface area contributed by atoms with Gasteiger partial charge in [0.2, 0.25) is 5.56 Å². The molecule has 1 aromatic rings. The van der Waals surface area contributed by atoms with Gasteiger partial charge in [-0.1, -0.05) is 13.8 Å². The molecule has 2 atom stereocenters. The van der Waals surface area contributed by atoms with Crippen molar-refractivity contribution in [2.24, 2.45) is 5.92 Å². The first kappa shape index (κ1) is 17.2. The van der Waals surface area contributed by atoms with E-state index in [1.54, 1.807) is 6.07 Å². The molecule has 0 spiro atoms. The molecule has 126 valence electrons. The van der Waals surface area contributed by atoms with Crippen LogP contribution in [0.5, 0.6) is 0 Å². The topological polar surface area (TPSA) is 99.7 Å². The molecule has 0 radical (unpaired) electrons. The first-order valence-electron chi connectivity index (χ1n) is 7.61. The van der Waals surface area contributed by atoms with Crippen LogP contribution < -0.4 is 5.56 Å². The second kappa shape index (κ2) is 6.95. The van der Waals surface area contributed by atoms with Crippen molar-refractivity contribution in [1.29, 1.82) is 0 Å². The number of nitrogens with one attached hydrogen (secondary N) is 1. The van der Waals surface area contributed by atoms with Crippen LogP contribution in [0, 0.1) is 5.92 Å². The summed E-state index contributed by atoms with van der Waals surface area (Å²) in [7, 11) is 1.49. The summed E-state index contributed by atoms with van der Waals surface area (Å²) >= 11 is 0. The number of H-pyrrole nitrogens is 1. The lowest BCUT2D eigenvalue weighted by atomic mass is 10.1. The number of likely N-dealkylation sites (tertiary alicyclic amines) is 1. The Morgan fingerprint density at radius 2 is 2.13 bits per heavy atom. The fraction of sp³-hybridized carbons (Fsp3) is 0.562. The number of amides is 1. The largest absolute Gasteiger partial charge is 0.480 e. The van der Waals surface area contributed by atoms with E-state index in [0.717, 1.165) is 0 Å². The number of methoxy groups -OCH3 is 1. The monoisotopic (exact) mass is 322 g/mol. The number of carboxylic acid groups (broad SMARTS) is 1. The maximum atomic E-state index is 12.7. The number of aromatic nitrogens is 1. The van der Waals surface area contributed by atoms with E-state index in [0.29, 0.717) is 18.0 Å². The van der Waals surface area contributed by atoms with Crippen molar-refractivity contribution in [3.8, 4) is 0 Å². The molecule has 2 unspecified atom stereocenters. The summed E-state index contributed by atoms with van der Waals surface area (Å²) in [5, 5.41) is 9.30. The Hall–Kier alpha value is -2.15. The molecule has 1 fully saturated rings. The maximum absolute atomic E-state index is 12.7. The number of hydrogen-bond donors (Lipinski definition) is 2. The van der Waals surface area contributed by atoms with Gasteiger partial charge in [0.15, 0.2) is 0 Å². The summed E-state index contributed by atoms with van der Waals surface area (Å²) in [5.74, 6) is -1.19. The predicted molar refractivity (Wildman–Crippen MR) is 83.5 cm³/mol. The minimum Gasteiger partial charge on any atom is -0.480 e. The molecule has 2 rings (SSSR count). The van der Waals surface area contributed by atoms with Crippen LogP contribution in [0.15, 0.2) is 16.9 Å². The van der Waals surface area contributed by atoms with Gasteiger partial charge < -0.3 is 19.7 Å². The Labute approximate surface area is 134 Å². The first-order valence-corrected chi connectivity index (χ1v) is 7.61. The third-order valence-electron chi connectivity index (χ3n) is 3.92. The van der Waals surface area contributed by atoms with Crippen molar-refractivity contribution in [1.82, 2.24) is 9.88 Å². The highest BCUT2D eigenvalue weighted by atomic mass is 16.5. The molecule has 1 amide bonds. The van der Waals surface area contributed by atoms with Gasteiger partial charge in [-0.3, -0.25) is 9.59 Å². The third kappa shape index (κ3) is 3.98. The van der Waals surface area contributed by atoms with Gasteiger partial charge in [0, 0.05) is 37.4 Å². The Bertz CT molecular complexity index is 652. The van der Waals surface area contributed by atoms with Crippen LogP contribution in [0.1, 0.15) is 36.3 Å². The number of hydrogen-bond acceptors (Lipinski definition) is 4. The number of carboxylic acids is 1. The molecular weight excluding hydrogens is 300 g/mol. The number of carbonyl (C=O) groups excluding carboxylic acids is 1. The van der Waals surface area contributed by atoms with E-state index in [9.17, 15) is 19.5 Å². The van der Waals surface area contributed by atoms with E-state index >= 15 is 0 Å². The summed E-state index contributed by atoms with van der Waals surface area (Å²) in [4.78, 5) is 39.8. The molecular formula is C16H22N2O5. The van der Waals surface area contributed by atoms with Crippen molar-refractivity contribution in [3.05, 3.63) is 33.7 Å². The number of rotatable bonds is 5. The lowest BCUT2D eigenvalue weighted by Gasteiger charge is -2.21. The van der Waals surface area contributed by atoms with Gasteiger partial charge in [0.05, 0.1) is 6.10 Å². The quantitative estimate of drug-likeness (QED) is 0.838. The van der Waals surface area contributed by atoms with Crippen LogP contribution in [-0.4, -0.2) is 52.7 Å². The zero-order valence-corrected chi connectivity index (χ0v) is 13.5. The van der Waals surface area contributed by atoms with Crippen molar-refractivity contribution in [2.45, 2.75) is 38.8 Å². The minimum absolute atomic E-state index is 0.207. The average molecular weight is 322 g/mol. The van der Waals surface area contributed by atoms with Gasteiger partial charge in [-0.05, 0) is 18.4 Å². The molecule has 2 heterocycles. The Balaban J connectivity index is 2.30. The highest BCUT2D eigenvalue weighted by Crippen LogP contribution is 2.22. The summed E-state index contributed by atoms with van der Waals surface area (Å²) in [6.45, 7) is 4.23. The van der Waals surface area contributed by atoms with Gasteiger partial charge in [0.1, 0.15) is 6.04 Å². The van der Waals surface area contributed by atoms with E-state index in [2.05, 4.69) is 4.98 Å². The predicted octanol–water partition coefficient (Wildman–Crippen LogP) is 0.887. The molecule has 7 heteroatoms. The summed E-state index contributed by atoms with van der Waals surface area (Å²) in [5.41, 5.74) is 0.526. The number of pyridine rings is 1. The molecule has 1 aliphatic heterocycles. The number of ether oxygens (including phenoxy) is 1. The standard InChI is InChI=1S/C16H22N2O5/c1-9(2)4-11-5-10(6-14(19)17-11)15(20)18-8-12(23-3)7-13(18)16(21)22/h5-6,9,12-13H,4,7-8H2,1-3H3,(H,17,19)(H,21,22). The van der Waals surface area contributed by atoms with E-state index in [1.807, 2.05) is 13.8 Å². The molecule has 0 aliphatic carbocycles.